The Morgan fingerprint density at radius 3 is 1.08 bits per heavy atom. The zero-order valence-corrected chi connectivity index (χ0v) is 8.35. The molecule has 0 unspecified atom stereocenters. The summed E-state index contributed by atoms with van der Waals surface area (Å²) in [5.41, 5.74) is 0. The van der Waals surface area contributed by atoms with Gasteiger partial charge in [0.15, 0.2) is 0 Å². The van der Waals surface area contributed by atoms with Gasteiger partial charge in [0.05, 0.1) is 0 Å². The summed E-state index contributed by atoms with van der Waals surface area (Å²) in [6.07, 6.45) is 3.44. The van der Waals surface area contributed by atoms with Gasteiger partial charge in [0.25, 0.3) is 20.9 Å². The first-order valence-electron chi connectivity index (χ1n) is 5.08. The zero-order chi connectivity index (χ0) is 8.97. The van der Waals surface area contributed by atoms with E-state index in [4.69, 9.17) is 0 Å². The van der Waals surface area contributed by atoms with Crippen LogP contribution >= 0.6 is 0 Å². The van der Waals surface area contributed by atoms with Crippen molar-refractivity contribution in [1.82, 2.24) is 15.4 Å². The van der Waals surface area contributed by atoms with E-state index in [-0.39, 0.29) is 0 Å². The topological polar surface area (TPSA) is 36.1 Å². The highest BCUT2D eigenvalue weighted by atomic mass is 15.0. The molecule has 1 heterocycles. The Kier molecular flexibility index (Phi) is 4.19. The SMILES string of the molecule is CCB1NB(CC)NB(CC)N1. The summed E-state index contributed by atoms with van der Waals surface area (Å²) in [7, 11) is 0. The van der Waals surface area contributed by atoms with Gasteiger partial charge in [0.2, 0.25) is 0 Å². The molecule has 6 heteroatoms. The lowest BCUT2D eigenvalue weighted by molar-refractivity contribution is 1.07. The maximum atomic E-state index is 3.49. The average molecular weight is 165 g/mol. The molecule has 0 radical (unpaired) electrons. The van der Waals surface area contributed by atoms with Crippen molar-refractivity contribution in [2.45, 2.75) is 39.7 Å². The molecule has 12 heavy (non-hydrogen) atoms. The van der Waals surface area contributed by atoms with Crippen LogP contribution in [0.2, 0.25) is 19.0 Å². The van der Waals surface area contributed by atoms with Crippen molar-refractivity contribution in [3.63, 3.8) is 0 Å². The average Bonchev–Trinajstić information content (AvgIpc) is 2.16. The molecular weight excluding hydrogens is 147 g/mol. The summed E-state index contributed by atoms with van der Waals surface area (Å²) in [5.74, 6) is 0. The fraction of sp³-hybridized carbons (Fsp3) is 1.00. The van der Waals surface area contributed by atoms with E-state index in [0.717, 1.165) is 19.0 Å². The molecular formula is C6H18B3N3. The van der Waals surface area contributed by atoms with Crippen LogP contribution in [0.4, 0.5) is 0 Å². The molecule has 66 valence electrons. The fourth-order valence-corrected chi connectivity index (χ4v) is 1.58. The molecule has 1 fully saturated rings. The van der Waals surface area contributed by atoms with Crippen LogP contribution in [-0.4, -0.2) is 20.9 Å². The van der Waals surface area contributed by atoms with Crippen molar-refractivity contribution in [2.24, 2.45) is 0 Å². The lowest BCUT2D eigenvalue weighted by atomic mass is 9.47. The van der Waals surface area contributed by atoms with Crippen LogP contribution in [0.3, 0.4) is 0 Å². The second-order valence-corrected chi connectivity index (χ2v) is 3.38. The Morgan fingerprint density at radius 2 is 0.917 bits per heavy atom. The van der Waals surface area contributed by atoms with Crippen molar-refractivity contribution in [3.8, 4) is 0 Å². The first-order chi connectivity index (χ1) is 5.80. The highest BCUT2D eigenvalue weighted by Crippen LogP contribution is 1.97. The first kappa shape index (κ1) is 10.2. The van der Waals surface area contributed by atoms with Crippen LogP contribution in [0.25, 0.3) is 0 Å². The third-order valence-electron chi connectivity index (χ3n) is 2.43. The van der Waals surface area contributed by atoms with Crippen LogP contribution in [0.5, 0.6) is 0 Å². The highest BCUT2D eigenvalue weighted by molar-refractivity contribution is 6.87. The molecule has 1 rings (SSSR count). The minimum atomic E-state index is 0.487. The van der Waals surface area contributed by atoms with E-state index in [1.54, 1.807) is 0 Å². The van der Waals surface area contributed by atoms with Crippen molar-refractivity contribution < 1.29 is 0 Å². The summed E-state index contributed by atoms with van der Waals surface area (Å²) in [4.78, 5) is 0. The maximum absolute atomic E-state index is 3.49. The van der Waals surface area contributed by atoms with Crippen LogP contribution in [0.1, 0.15) is 20.8 Å². The Balaban J connectivity index is 2.41. The molecule has 1 aliphatic rings. The van der Waals surface area contributed by atoms with Crippen LogP contribution in [0.15, 0.2) is 0 Å². The second-order valence-electron chi connectivity index (χ2n) is 3.38. The Hall–Kier alpha value is 0.0748. The summed E-state index contributed by atoms with van der Waals surface area (Å²) < 4.78 is 0. The van der Waals surface area contributed by atoms with Gasteiger partial charge in [0, 0.05) is 0 Å². The minimum absolute atomic E-state index is 0.487. The molecule has 0 aliphatic carbocycles. The van der Waals surface area contributed by atoms with E-state index in [1.165, 1.54) is 0 Å². The quantitative estimate of drug-likeness (QED) is 0.525. The van der Waals surface area contributed by atoms with Crippen molar-refractivity contribution in [2.75, 3.05) is 0 Å². The Bertz CT molecular complexity index is 105. The number of rotatable bonds is 3. The fourth-order valence-electron chi connectivity index (χ4n) is 1.58. The van der Waals surface area contributed by atoms with Gasteiger partial charge in [-0.2, -0.15) is 0 Å². The third kappa shape index (κ3) is 2.54. The van der Waals surface area contributed by atoms with E-state index < -0.39 is 0 Å². The molecule has 0 spiro atoms. The van der Waals surface area contributed by atoms with Gasteiger partial charge in [-0.1, -0.05) is 20.8 Å². The Labute approximate surface area is 76.8 Å². The molecule has 3 nitrogen and oxygen atoms in total. The van der Waals surface area contributed by atoms with Gasteiger partial charge in [-0.05, 0) is 19.0 Å². The zero-order valence-electron chi connectivity index (χ0n) is 8.35. The molecule has 1 aliphatic heterocycles. The van der Waals surface area contributed by atoms with Crippen molar-refractivity contribution in [1.29, 1.82) is 0 Å². The predicted molar refractivity (Wildman–Crippen MR) is 58.1 cm³/mol. The monoisotopic (exact) mass is 165 g/mol. The second kappa shape index (κ2) is 4.95. The summed E-state index contributed by atoms with van der Waals surface area (Å²) in [5, 5.41) is 10.5. The molecule has 3 N–H and O–H groups in total. The van der Waals surface area contributed by atoms with Gasteiger partial charge < -0.3 is 15.4 Å². The first-order valence-corrected chi connectivity index (χ1v) is 5.08. The summed E-state index contributed by atoms with van der Waals surface area (Å²) in [6.45, 7) is 8.07. The molecule has 0 aromatic rings. The molecule has 0 saturated carbocycles. The van der Waals surface area contributed by atoms with Gasteiger partial charge >= 0.3 is 0 Å². The molecule has 0 amide bonds. The standard InChI is InChI=1S/C6H18B3N3/c1-4-7-10-8(5-2)12-9(6-3)11-7/h10-12H,4-6H2,1-3H3. The van der Waals surface area contributed by atoms with Crippen molar-refractivity contribution in [3.05, 3.63) is 0 Å². The molecule has 1 saturated heterocycles. The maximum Gasteiger partial charge on any atom is 0.284 e. The van der Waals surface area contributed by atoms with Crippen LogP contribution < -0.4 is 15.4 Å². The van der Waals surface area contributed by atoms with Crippen molar-refractivity contribution >= 4 is 20.9 Å². The van der Waals surface area contributed by atoms with E-state index in [9.17, 15) is 0 Å². The normalized spacial score (nSPS) is 18.8. The highest BCUT2D eigenvalue weighted by Gasteiger charge is 2.31. The smallest absolute Gasteiger partial charge is 0.284 e. The lowest BCUT2D eigenvalue weighted by Gasteiger charge is -2.32. The largest absolute Gasteiger partial charge is 0.371 e. The number of hydrogen-bond donors (Lipinski definition) is 3. The van der Waals surface area contributed by atoms with Gasteiger partial charge in [-0.15, -0.1) is 0 Å². The molecule has 0 bridgehead atoms. The Morgan fingerprint density at radius 1 is 0.667 bits per heavy atom. The lowest BCUT2D eigenvalue weighted by Crippen LogP contribution is -2.74. The molecule has 0 aromatic carbocycles. The van der Waals surface area contributed by atoms with E-state index in [0.29, 0.717) is 20.9 Å². The summed E-state index contributed by atoms with van der Waals surface area (Å²) in [6, 6.07) is 0. The van der Waals surface area contributed by atoms with E-state index >= 15 is 0 Å². The predicted octanol–water partition coefficient (Wildman–Crippen LogP) is 0.293. The van der Waals surface area contributed by atoms with E-state index in [2.05, 4.69) is 36.2 Å². The minimum Gasteiger partial charge on any atom is -0.371 e. The number of nitrogens with one attached hydrogen (secondary N) is 3. The van der Waals surface area contributed by atoms with Crippen LogP contribution in [0, 0.1) is 0 Å². The number of hydrogen-bond acceptors (Lipinski definition) is 3. The van der Waals surface area contributed by atoms with Gasteiger partial charge in [0.1, 0.15) is 0 Å². The van der Waals surface area contributed by atoms with Crippen LogP contribution in [-0.2, 0) is 0 Å². The summed E-state index contributed by atoms with van der Waals surface area (Å²) >= 11 is 0. The third-order valence-corrected chi connectivity index (χ3v) is 2.43. The molecule has 0 aromatic heterocycles. The van der Waals surface area contributed by atoms with E-state index in [1.807, 2.05) is 0 Å². The van der Waals surface area contributed by atoms with Gasteiger partial charge in [-0.3, -0.25) is 0 Å². The molecule has 0 atom stereocenters. The van der Waals surface area contributed by atoms with Gasteiger partial charge in [-0.25, -0.2) is 0 Å².